The van der Waals surface area contributed by atoms with E-state index in [0.717, 1.165) is 11.3 Å². The molecule has 1 saturated carbocycles. The normalized spacial score (nSPS) is 16.9. The van der Waals surface area contributed by atoms with Crippen molar-refractivity contribution in [3.05, 3.63) is 39.9 Å². The van der Waals surface area contributed by atoms with Gasteiger partial charge in [-0.3, -0.25) is 10.1 Å². The van der Waals surface area contributed by atoms with Gasteiger partial charge in [0, 0.05) is 22.6 Å². The molecule has 3 nitrogen and oxygen atoms in total. The molecule has 0 amide bonds. The van der Waals surface area contributed by atoms with E-state index in [9.17, 15) is 10.1 Å². The Bertz CT molecular complexity index is 389. The third kappa shape index (κ3) is 3.46. The zero-order valence-electron chi connectivity index (χ0n) is 9.80. The molecule has 0 bridgehead atoms. The summed E-state index contributed by atoms with van der Waals surface area (Å²) in [6.45, 7) is 0. The molecule has 1 aromatic rings. The number of hydrogen-bond donors (Lipinski definition) is 0. The van der Waals surface area contributed by atoms with Gasteiger partial charge in [-0.15, -0.1) is 0 Å². The minimum Gasteiger partial charge on any atom is -0.258 e. The standard InChI is InChI=1S/C13H17NO2S/c15-14(16)13-9-5-4-6-11(13)10-17-12-7-2-1-3-8-12/h4-6,9,12H,1-3,7-8,10H2. The Balaban J connectivity index is 1.96. The van der Waals surface area contributed by atoms with Crippen molar-refractivity contribution in [2.45, 2.75) is 43.1 Å². The number of thioether (sulfide) groups is 1. The van der Waals surface area contributed by atoms with Crippen molar-refractivity contribution < 1.29 is 4.92 Å². The van der Waals surface area contributed by atoms with Crippen molar-refractivity contribution in [2.75, 3.05) is 0 Å². The molecule has 0 N–H and O–H groups in total. The number of rotatable bonds is 4. The van der Waals surface area contributed by atoms with Crippen LogP contribution in [0.25, 0.3) is 0 Å². The van der Waals surface area contributed by atoms with E-state index in [0.29, 0.717) is 5.25 Å². The minimum absolute atomic E-state index is 0.260. The Morgan fingerprint density at radius 1 is 1.24 bits per heavy atom. The molecule has 0 spiro atoms. The topological polar surface area (TPSA) is 43.1 Å². The Morgan fingerprint density at radius 3 is 2.65 bits per heavy atom. The molecule has 92 valence electrons. The fraction of sp³-hybridized carbons (Fsp3) is 0.538. The number of para-hydroxylation sites is 1. The summed E-state index contributed by atoms with van der Waals surface area (Å²) in [6.07, 6.45) is 6.52. The molecule has 0 radical (unpaired) electrons. The average molecular weight is 251 g/mol. The SMILES string of the molecule is O=[N+]([O-])c1ccccc1CSC1CCCCC1. The lowest BCUT2D eigenvalue weighted by molar-refractivity contribution is -0.385. The predicted molar refractivity (Wildman–Crippen MR) is 71.3 cm³/mol. The lowest BCUT2D eigenvalue weighted by Crippen LogP contribution is -2.08. The zero-order chi connectivity index (χ0) is 12.1. The van der Waals surface area contributed by atoms with E-state index in [1.165, 1.54) is 32.1 Å². The van der Waals surface area contributed by atoms with Crippen molar-refractivity contribution in [3.8, 4) is 0 Å². The number of benzene rings is 1. The van der Waals surface area contributed by atoms with Gasteiger partial charge in [0.15, 0.2) is 0 Å². The van der Waals surface area contributed by atoms with Crippen LogP contribution in [0.15, 0.2) is 24.3 Å². The quantitative estimate of drug-likeness (QED) is 0.596. The van der Waals surface area contributed by atoms with Gasteiger partial charge in [0.2, 0.25) is 0 Å². The number of nitro groups is 1. The number of nitro benzene ring substituents is 1. The third-order valence-electron chi connectivity index (χ3n) is 3.22. The van der Waals surface area contributed by atoms with Gasteiger partial charge in [-0.2, -0.15) is 11.8 Å². The monoisotopic (exact) mass is 251 g/mol. The van der Waals surface area contributed by atoms with Gasteiger partial charge < -0.3 is 0 Å². The fourth-order valence-electron chi connectivity index (χ4n) is 2.25. The average Bonchev–Trinajstić information content (AvgIpc) is 2.38. The molecule has 0 aromatic heterocycles. The summed E-state index contributed by atoms with van der Waals surface area (Å²) < 4.78 is 0. The first-order chi connectivity index (χ1) is 8.27. The van der Waals surface area contributed by atoms with Gasteiger partial charge in [0.1, 0.15) is 0 Å². The van der Waals surface area contributed by atoms with Crippen LogP contribution >= 0.6 is 11.8 Å². The van der Waals surface area contributed by atoms with Crippen LogP contribution in [0, 0.1) is 10.1 Å². The van der Waals surface area contributed by atoms with E-state index < -0.39 is 0 Å². The second-order valence-electron chi connectivity index (χ2n) is 4.46. The highest BCUT2D eigenvalue weighted by Gasteiger charge is 2.17. The molecule has 17 heavy (non-hydrogen) atoms. The molecular weight excluding hydrogens is 234 g/mol. The molecule has 0 saturated heterocycles. The molecule has 2 rings (SSSR count). The van der Waals surface area contributed by atoms with E-state index in [-0.39, 0.29) is 10.6 Å². The van der Waals surface area contributed by atoms with E-state index in [1.54, 1.807) is 12.1 Å². The molecule has 1 aliphatic carbocycles. The first-order valence-electron chi connectivity index (χ1n) is 6.11. The van der Waals surface area contributed by atoms with E-state index in [1.807, 2.05) is 23.9 Å². The van der Waals surface area contributed by atoms with Crippen molar-refractivity contribution in [3.63, 3.8) is 0 Å². The Morgan fingerprint density at radius 2 is 1.94 bits per heavy atom. The molecule has 1 aromatic carbocycles. The zero-order valence-corrected chi connectivity index (χ0v) is 10.6. The van der Waals surface area contributed by atoms with Crippen molar-refractivity contribution >= 4 is 17.4 Å². The summed E-state index contributed by atoms with van der Waals surface area (Å²) >= 11 is 1.88. The van der Waals surface area contributed by atoms with Gasteiger partial charge in [0.25, 0.3) is 5.69 Å². The maximum Gasteiger partial charge on any atom is 0.273 e. The van der Waals surface area contributed by atoms with Crippen molar-refractivity contribution in [2.24, 2.45) is 0 Å². The van der Waals surface area contributed by atoms with Crippen LogP contribution in [0.1, 0.15) is 37.7 Å². The molecule has 4 heteroatoms. The Labute approximate surface area is 106 Å². The number of hydrogen-bond acceptors (Lipinski definition) is 3. The molecule has 0 atom stereocenters. The molecule has 0 unspecified atom stereocenters. The van der Waals surface area contributed by atoms with Crippen LogP contribution in [0.5, 0.6) is 0 Å². The van der Waals surface area contributed by atoms with Crippen LogP contribution in [-0.4, -0.2) is 10.2 Å². The third-order valence-corrected chi connectivity index (χ3v) is 4.64. The van der Waals surface area contributed by atoms with Gasteiger partial charge in [-0.05, 0) is 12.8 Å². The van der Waals surface area contributed by atoms with Crippen LogP contribution in [0.3, 0.4) is 0 Å². The van der Waals surface area contributed by atoms with E-state index in [2.05, 4.69) is 0 Å². The van der Waals surface area contributed by atoms with Crippen LogP contribution in [0.4, 0.5) is 5.69 Å². The summed E-state index contributed by atoms with van der Waals surface area (Å²) in [5.74, 6) is 0.766. The second kappa shape index (κ2) is 6.05. The summed E-state index contributed by atoms with van der Waals surface area (Å²) in [7, 11) is 0. The van der Waals surface area contributed by atoms with Gasteiger partial charge in [-0.25, -0.2) is 0 Å². The van der Waals surface area contributed by atoms with E-state index >= 15 is 0 Å². The van der Waals surface area contributed by atoms with Crippen molar-refractivity contribution in [1.29, 1.82) is 0 Å². The van der Waals surface area contributed by atoms with Crippen LogP contribution < -0.4 is 0 Å². The second-order valence-corrected chi connectivity index (χ2v) is 5.75. The summed E-state index contributed by atoms with van der Waals surface area (Å²) in [5, 5.41) is 11.6. The van der Waals surface area contributed by atoms with E-state index in [4.69, 9.17) is 0 Å². The minimum atomic E-state index is -0.281. The fourth-order valence-corrected chi connectivity index (χ4v) is 3.58. The van der Waals surface area contributed by atoms with Gasteiger partial charge >= 0.3 is 0 Å². The summed E-state index contributed by atoms with van der Waals surface area (Å²) in [6, 6.07) is 7.07. The van der Waals surface area contributed by atoms with Crippen LogP contribution in [0.2, 0.25) is 0 Å². The van der Waals surface area contributed by atoms with Gasteiger partial charge in [-0.1, -0.05) is 37.5 Å². The molecular formula is C13H17NO2S. The molecule has 0 heterocycles. The maximum absolute atomic E-state index is 10.9. The first-order valence-corrected chi connectivity index (χ1v) is 7.16. The molecule has 0 aliphatic heterocycles. The largest absolute Gasteiger partial charge is 0.273 e. The number of nitrogens with zero attached hydrogens (tertiary/aromatic N) is 1. The highest BCUT2D eigenvalue weighted by Crippen LogP contribution is 2.32. The molecule has 1 aliphatic rings. The van der Waals surface area contributed by atoms with Crippen LogP contribution in [-0.2, 0) is 5.75 Å². The predicted octanol–water partition coefficient (Wildman–Crippen LogP) is 4.16. The summed E-state index contributed by atoms with van der Waals surface area (Å²) in [5.41, 5.74) is 1.11. The first kappa shape index (κ1) is 12.4. The lowest BCUT2D eigenvalue weighted by Gasteiger charge is -2.20. The summed E-state index contributed by atoms with van der Waals surface area (Å²) in [4.78, 5) is 10.6. The molecule has 1 fully saturated rings. The lowest BCUT2D eigenvalue weighted by atomic mass is 10.0. The highest BCUT2D eigenvalue weighted by atomic mass is 32.2. The van der Waals surface area contributed by atoms with Gasteiger partial charge in [0.05, 0.1) is 4.92 Å². The maximum atomic E-state index is 10.9. The highest BCUT2D eigenvalue weighted by molar-refractivity contribution is 7.99. The Hall–Kier alpha value is -1.03. The van der Waals surface area contributed by atoms with Crippen molar-refractivity contribution in [1.82, 2.24) is 0 Å². The smallest absolute Gasteiger partial charge is 0.258 e. The Kier molecular flexibility index (Phi) is 4.42.